The van der Waals surface area contributed by atoms with Gasteiger partial charge in [-0.05, 0) is 44.3 Å². The van der Waals surface area contributed by atoms with Gasteiger partial charge in [-0.3, -0.25) is 4.98 Å². The van der Waals surface area contributed by atoms with E-state index in [1.807, 2.05) is 24.4 Å². The maximum Gasteiger partial charge on any atom is 0.130 e. The van der Waals surface area contributed by atoms with Crippen LogP contribution in [0.4, 0.5) is 0 Å². The second-order valence-electron chi connectivity index (χ2n) is 5.20. The van der Waals surface area contributed by atoms with E-state index in [1.165, 1.54) is 13.0 Å². The minimum atomic E-state index is 0.639. The molecule has 2 heterocycles. The van der Waals surface area contributed by atoms with E-state index in [2.05, 4.69) is 38.9 Å². The van der Waals surface area contributed by atoms with Gasteiger partial charge in [0.15, 0.2) is 0 Å². The summed E-state index contributed by atoms with van der Waals surface area (Å²) in [7, 11) is 2.17. The van der Waals surface area contributed by atoms with Crippen LogP contribution < -0.4 is 4.74 Å². The van der Waals surface area contributed by atoms with Crippen molar-refractivity contribution in [2.75, 3.05) is 26.7 Å². The van der Waals surface area contributed by atoms with Crippen LogP contribution in [0.2, 0.25) is 0 Å². The molecule has 0 aliphatic carbocycles. The minimum Gasteiger partial charge on any atom is -0.492 e. The number of rotatable bonds is 3. The lowest BCUT2D eigenvalue weighted by molar-refractivity contribution is 0.251. The van der Waals surface area contributed by atoms with E-state index in [9.17, 15) is 0 Å². The fourth-order valence-corrected chi connectivity index (χ4v) is 2.95. The molecule has 3 nitrogen and oxygen atoms in total. The number of ether oxygens (including phenoxy) is 1. The van der Waals surface area contributed by atoms with Crippen molar-refractivity contribution in [3.8, 4) is 5.75 Å². The summed E-state index contributed by atoms with van der Waals surface area (Å²) in [6.07, 6.45) is 3.04. The lowest BCUT2D eigenvalue weighted by atomic mass is 10.1. The zero-order valence-electron chi connectivity index (χ0n) is 11.0. The summed E-state index contributed by atoms with van der Waals surface area (Å²) in [5, 5.41) is 1.07. The number of nitrogens with zero attached hydrogens (tertiary/aromatic N) is 2. The third-order valence-electron chi connectivity index (χ3n) is 3.63. The number of benzene rings is 1. The first kappa shape index (κ1) is 12.9. The van der Waals surface area contributed by atoms with Crippen LogP contribution in [0.25, 0.3) is 10.9 Å². The topological polar surface area (TPSA) is 25.4 Å². The van der Waals surface area contributed by atoms with Gasteiger partial charge in [0, 0.05) is 28.5 Å². The van der Waals surface area contributed by atoms with Crippen LogP contribution in [0.5, 0.6) is 5.75 Å². The highest BCUT2D eigenvalue weighted by Crippen LogP contribution is 2.27. The Bertz CT molecular complexity index is 587. The lowest BCUT2D eigenvalue weighted by Gasteiger charge is -2.13. The van der Waals surface area contributed by atoms with E-state index in [4.69, 9.17) is 4.74 Å². The molecule has 1 saturated heterocycles. The summed E-state index contributed by atoms with van der Waals surface area (Å²) in [5.41, 5.74) is 0.976. The lowest BCUT2D eigenvalue weighted by Crippen LogP contribution is -2.18. The van der Waals surface area contributed by atoms with E-state index >= 15 is 0 Å². The molecule has 100 valence electrons. The standard InChI is InChI=1S/C15H17BrN2O/c1-18-7-5-11(9-18)10-19-15-4-6-17-14-3-2-12(16)8-13(14)15/h2-4,6,8,11H,5,7,9-10H2,1H3/t11-/m0/s1. The Kier molecular flexibility index (Phi) is 3.71. The Hall–Kier alpha value is -1.13. The van der Waals surface area contributed by atoms with Crippen molar-refractivity contribution in [1.29, 1.82) is 0 Å². The van der Waals surface area contributed by atoms with Gasteiger partial charge in [0.1, 0.15) is 5.75 Å². The van der Waals surface area contributed by atoms with Crippen molar-refractivity contribution in [2.24, 2.45) is 5.92 Å². The molecular weight excluding hydrogens is 304 g/mol. The summed E-state index contributed by atoms with van der Waals surface area (Å²) in [4.78, 5) is 6.72. The first-order valence-corrected chi connectivity index (χ1v) is 7.37. The number of fused-ring (bicyclic) bond motifs is 1. The van der Waals surface area contributed by atoms with Gasteiger partial charge in [-0.25, -0.2) is 0 Å². The highest BCUT2D eigenvalue weighted by atomic mass is 79.9. The Morgan fingerprint density at radius 1 is 1.42 bits per heavy atom. The summed E-state index contributed by atoms with van der Waals surface area (Å²) in [6.45, 7) is 3.10. The minimum absolute atomic E-state index is 0.639. The van der Waals surface area contributed by atoms with Gasteiger partial charge >= 0.3 is 0 Å². The van der Waals surface area contributed by atoms with Crippen LogP contribution in [-0.4, -0.2) is 36.6 Å². The summed E-state index contributed by atoms with van der Waals surface area (Å²) >= 11 is 3.50. The molecule has 0 N–H and O–H groups in total. The number of aromatic nitrogens is 1. The van der Waals surface area contributed by atoms with Gasteiger partial charge in [-0.1, -0.05) is 15.9 Å². The molecule has 0 radical (unpaired) electrons. The van der Waals surface area contributed by atoms with Crippen molar-refractivity contribution in [3.63, 3.8) is 0 Å². The average molecular weight is 321 g/mol. The van der Waals surface area contributed by atoms with Crippen molar-refractivity contribution in [1.82, 2.24) is 9.88 Å². The largest absolute Gasteiger partial charge is 0.492 e. The molecule has 1 aliphatic rings. The van der Waals surface area contributed by atoms with Crippen LogP contribution in [0, 0.1) is 5.92 Å². The molecule has 1 aromatic heterocycles. The predicted molar refractivity (Wildman–Crippen MR) is 80.5 cm³/mol. The van der Waals surface area contributed by atoms with Gasteiger partial charge in [0.25, 0.3) is 0 Å². The van der Waals surface area contributed by atoms with E-state index in [0.717, 1.165) is 34.3 Å². The van der Waals surface area contributed by atoms with Crippen molar-refractivity contribution >= 4 is 26.8 Å². The summed E-state index contributed by atoms with van der Waals surface area (Å²) in [6, 6.07) is 8.03. The predicted octanol–water partition coefficient (Wildman–Crippen LogP) is 3.33. The molecule has 1 aliphatic heterocycles. The third kappa shape index (κ3) is 2.90. The van der Waals surface area contributed by atoms with Gasteiger partial charge < -0.3 is 9.64 Å². The molecule has 1 fully saturated rings. The molecule has 4 heteroatoms. The Balaban J connectivity index is 1.78. The molecule has 0 bridgehead atoms. The van der Waals surface area contributed by atoms with Crippen LogP contribution in [-0.2, 0) is 0 Å². The molecule has 2 aromatic rings. The highest BCUT2D eigenvalue weighted by Gasteiger charge is 2.20. The second kappa shape index (κ2) is 5.47. The fraction of sp³-hybridized carbons (Fsp3) is 0.400. The average Bonchev–Trinajstić information content (AvgIpc) is 2.82. The van der Waals surface area contributed by atoms with E-state index < -0.39 is 0 Å². The number of likely N-dealkylation sites (tertiary alicyclic amines) is 1. The first-order chi connectivity index (χ1) is 9.22. The molecule has 0 amide bonds. The number of hydrogen-bond donors (Lipinski definition) is 0. The summed E-state index contributed by atoms with van der Waals surface area (Å²) < 4.78 is 7.07. The van der Waals surface area contributed by atoms with Crippen LogP contribution in [0.3, 0.4) is 0 Å². The number of halogens is 1. The fourth-order valence-electron chi connectivity index (χ4n) is 2.59. The quantitative estimate of drug-likeness (QED) is 0.867. The van der Waals surface area contributed by atoms with E-state index in [0.29, 0.717) is 5.92 Å². The molecule has 0 unspecified atom stereocenters. The third-order valence-corrected chi connectivity index (χ3v) is 4.12. The number of hydrogen-bond acceptors (Lipinski definition) is 3. The van der Waals surface area contributed by atoms with Crippen molar-refractivity contribution < 1.29 is 4.74 Å². The molecule has 3 rings (SSSR count). The van der Waals surface area contributed by atoms with Gasteiger partial charge in [-0.2, -0.15) is 0 Å². The number of pyridine rings is 1. The zero-order valence-corrected chi connectivity index (χ0v) is 12.6. The van der Waals surface area contributed by atoms with Gasteiger partial charge in [0.05, 0.1) is 12.1 Å². The second-order valence-corrected chi connectivity index (χ2v) is 6.11. The van der Waals surface area contributed by atoms with Crippen LogP contribution >= 0.6 is 15.9 Å². The molecule has 0 spiro atoms. The van der Waals surface area contributed by atoms with Gasteiger partial charge in [0.2, 0.25) is 0 Å². The van der Waals surface area contributed by atoms with Gasteiger partial charge in [-0.15, -0.1) is 0 Å². The Morgan fingerprint density at radius 3 is 3.11 bits per heavy atom. The molecule has 1 atom stereocenters. The normalized spacial score (nSPS) is 20.0. The molecular formula is C15H17BrN2O. The molecule has 19 heavy (non-hydrogen) atoms. The maximum absolute atomic E-state index is 6.02. The van der Waals surface area contributed by atoms with Crippen molar-refractivity contribution in [2.45, 2.75) is 6.42 Å². The maximum atomic E-state index is 6.02. The highest BCUT2D eigenvalue weighted by molar-refractivity contribution is 9.10. The Labute approximate surface area is 121 Å². The van der Waals surface area contributed by atoms with Crippen molar-refractivity contribution in [3.05, 3.63) is 34.9 Å². The smallest absolute Gasteiger partial charge is 0.130 e. The zero-order chi connectivity index (χ0) is 13.2. The molecule has 0 saturated carbocycles. The van der Waals surface area contributed by atoms with E-state index in [-0.39, 0.29) is 0 Å². The monoisotopic (exact) mass is 320 g/mol. The van der Waals surface area contributed by atoms with Crippen LogP contribution in [0.1, 0.15) is 6.42 Å². The molecule has 1 aromatic carbocycles. The van der Waals surface area contributed by atoms with E-state index in [1.54, 1.807) is 0 Å². The Morgan fingerprint density at radius 2 is 2.32 bits per heavy atom. The first-order valence-electron chi connectivity index (χ1n) is 6.58. The summed E-state index contributed by atoms with van der Waals surface area (Å²) in [5.74, 6) is 1.57. The SMILES string of the molecule is CN1CC[C@H](COc2ccnc3ccc(Br)cc23)C1. The van der Waals surface area contributed by atoms with Crippen LogP contribution in [0.15, 0.2) is 34.9 Å².